The fraction of sp³-hybridized carbons (Fsp3) is 0.690. The van der Waals surface area contributed by atoms with Crippen LogP contribution in [0.2, 0.25) is 0 Å². The van der Waals surface area contributed by atoms with Crippen LogP contribution in [0.4, 0.5) is 0 Å². The predicted molar refractivity (Wildman–Crippen MR) is 146 cm³/mol. The van der Waals surface area contributed by atoms with Crippen molar-refractivity contribution in [3.8, 4) is 0 Å². The number of nitrogens with zero attached hydrogens (tertiary/aromatic N) is 1. The number of aryl methyl sites for hydroxylation is 1. The number of ketones is 1. The predicted octanol–water partition coefficient (Wildman–Crippen LogP) is 5.77. The van der Waals surface area contributed by atoms with Crippen molar-refractivity contribution in [2.24, 2.45) is 23.2 Å². The van der Waals surface area contributed by atoms with Crippen LogP contribution in [0.1, 0.15) is 91.8 Å². The number of cyclic esters (lactones) is 1. The highest BCUT2D eigenvalue weighted by Gasteiger charge is 2.42. The standard InChI is InChI=1S/C29H45NO5S/c1-9-24-30-22(16-36-24)14-20(5)27-19(4)13-17(2)11-10-12-18(3)26(33)21(6)28(34)29(7,8)23(31)15-25(32)35-27/h13-14,16,18-19,21,23,26-27,31,33H,9-12,15H2,1-8H3/b17-13-,20-14+/t18-,19-,21+,23-,26-,27-/m0/s1. The Morgan fingerprint density at radius 2 is 1.92 bits per heavy atom. The quantitative estimate of drug-likeness (QED) is 0.389. The number of allylic oxidation sites excluding steroid dienone is 1. The first-order valence-electron chi connectivity index (χ1n) is 13.2. The van der Waals surface area contributed by atoms with Gasteiger partial charge < -0.3 is 14.9 Å². The van der Waals surface area contributed by atoms with Gasteiger partial charge >= 0.3 is 5.97 Å². The Morgan fingerprint density at radius 1 is 1.25 bits per heavy atom. The number of thiazole rings is 1. The number of esters is 1. The van der Waals surface area contributed by atoms with Crippen molar-refractivity contribution in [2.45, 2.75) is 106 Å². The Bertz CT molecular complexity index is 963. The third-order valence-corrected chi connectivity index (χ3v) is 8.56. The van der Waals surface area contributed by atoms with Gasteiger partial charge in [-0.15, -0.1) is 11.3 Å². The lowest BCUT2D eigenvalue weighted by atomic mass is 9.73. The van der Waals surface area contributed by atoms with E-state index in [0.717, 1.165) is 42.0 Å². The highest BCUT2D eigenvalue weighted by molar-refractivity contribution is 7.09. The number of carbonyl (C=O) groups excluding carboxylic acids is 2. The minimum Gasteiger partial charge on any atom is -0.457 e. The van der Waals surface area contributed by atoms with Crippen LogP contribution in [0.15, 0.2) is 22.6 Å². The monoisotopic (exact) mass is 519 g/mol. The molecule has 2 heterocycles. The van der Waals surface area contributed by atoms with Crippen molar-refractivity contribution in [1.82, 2.24) is 4.98 Å². The molecule has 0 unspecified atom stereocenters. The first kappa shape index (κ1) is 30.4. The van der Waals surface area contributed by atoms with Crippen LogP contribution in [0, 0.1) is 23.2 Å². The second kappa shape index (κ2) is 13.1. The smallest absolute Gasteiger partial charge is 0.309 e. The van der Waals surface area contributed by atoms with Crippen molar-refractivity contribution in [3.63, 3.8) is 0 Å². The Hall–Kier alpha value is -1.83. The summed E-state index contributed by atoms with van der Waals surface area (Å²) >= 11 is 1.61. The molecule has 1 aromatic rings. The summed E-state index contributed by atoms with van der Waals surface area (Å²) < 4.78 is 5.95. The first-order valence-corrected chi connectivity index (χ1v) is 14.1. The van der Waals surface area contributed by atoms with Crippen LogP contribution in [0.25, 0.3) is 6.08 Å². The molecule has 1 aromatic heterocycles. The van der Waals surface area contributed by atoms with Gasteiger partial charge in [-0.1, -0.05) is 53.2 Å². The summed E-state index contributed by atoms with van der Waals surface area (Å²) in [5, 5.41) is 24.8. The summed E-state index contributed by atoms with van der Waals surface area (Å²) in [6.45, 7) is 15.0. The van der Waals surface area contributed by atoms with Gasteiger partial charge in [-0.3, -0.25) is 9.59 Å². The van der Waals surface area contributed by atoms with Crippen LogP contribution in [0.3, 0.4) is 0 Å². The summed E-state index contributed by atoms with van der Waals surface area (Å²) in [5.41, 5.74) is 1.72. The lowest BCUT2D eigenvalue weighted by molar-refractivity contribution is -0.155. The number of aliphatic hydroxyl groups excluding tert-OH is 2. The third kappa shape index (κ3) is 7.83. The lowest BCUT2D eigenvalue weighted by Gasteiger charge is -2.34. The molecule has 0 bridgehead atoms. The maximum absolute atomic E-state index is 13.2. The Morgan fingerprint density at radius 3 is 2.53 bits per heavy atom. The molecule has 0 saturated heterocycles. The van der Waals surface area contributed by atoms with E-state index in [1.54, 1.807) is 32.1 Å². The van der Waals surface area contributed by atoms with Gasteiger partial charge in [-0.2, -0.15) is 0 Å². The van der Waals surface area contributed by atoms with Gasteiger partial charge in [0.15, 0.2) is 0 Å². The van der Waals surface area contributed by atoms with Gasteiger partial charge in [-0.25, -0.2) is 4.98 Å². The fourth-order valence-corrected chi connectivity index (χ4v) is 5.68. The number of aliphatic hydroxyl groups is 2. The number of Topliss-reactive ketones (excluding diaryl/α,β-unsaturated/α-hetero) is 1. The van der Waals surface area contributed by atoms with Crippen molar-refractivity contribution >= 4 is 29.2 Å². The van der Waals surface area contributed by atoms with Gasteiger partial charge in [0.25, 0.3) is 0 Å². The van der Waals surface area contributed by atoms with E-state index in [0.29, 0.717) is 0 Å². The third-order valence-electron chi connectivity index (χ3n) is 7.55. The van der Waals surface area contributed by atoms with E-state index in [4.69, 9.17) is 4.74 Å². The second-order valence-electron chi connectivity index (χ2n) is 11.1. The average molecular weight is 520 g/mol. The second-order valence-corrected chi connectivity index (χ2v) is 12.1. The molecule has 0 fully saturated rings. The summed E-state index contributed by atoms with van der Waals surface area (Å²) in [4.78, 5) is 30.9. The zero-order chi connectivity index (χ0) is 27.2. The molecule has 6 nitrogen and oxygen atoms in total. The highest BCUT2D eigenvalue weighted by atomic mass is 32.1. The van der Waals surface area contributed by atoms with Gasteiger partial charge in [0.05, 0.1) is 34.7 Å². The van der Waals surface area contributed by atoms with Crippen LogP contribution in [-0.4, -0.2) is 45.3 Å². The molecule has 1 aliphatic rings. The number of hydrogen-bond acceptors (Lipinski definition) is 7. The number of aromatic nitrogens is 1. The summed E-state index contributed by atoms with van der Waals surface area (Å²) in [6, 6.07) is 0. The van der Waals surface area contributed by atoms with Crippen LogP contribution >= 0.6 is 11.3 Å². The van der Waals surface area contributed by atoms with Gasteiger partial charge in [0, 0.05) is 17.2 Å². The van der Waals surface area contributed by atoms with Crippen molar-refractivity contribution in [2.75, 3.05) is 0 Å². The molecule has 1 aliphatic heterocycles. The van der Waals surface area contributed by atoms with Crippen molar-refractivity contribution < 1.29 is 24.5 Å². The van der Waals surface area contributed by atoms with E-state index in [1.165, 1.54) is 5.57 Å². The molecule has 0 amide bonds. The first-order chi connectivity index (χ1) is 16.8. The zero-order valence-corrected chi connectivity index (χ0v) is 24.0. The van der Waals surface area contributed by atoms with E-state index < -0.39 is 35.6 Å². The molecule has 0 saturated carbocycles. The van der Waals surface area contributed by atoms with Crippen molar-refractivity contribution in [1.29, 1.82) is 0 Å². The number of hydrogen-bond donors (Lipinski definition) is 2. The number of carbonyl (C=O) groups is 2. The van der Waals surface area contributed by atoms with E-state index in [-0.39, 0.29) is 24.0 Å². The molecule has 0 radical (unpaired) electrons. The Balaban J connectivity index is 2.40. The summed E-state index contributed by atoms with van der Waals surface area (Å²) in [7, 11) is 0. The maximum atomic E-state index is 13.2. The minimum atomic E-state index is -1.22. The molecule has 0 aliphatic carbocycles. The van der Waals surface area contributed by atoms with E-state index >= 15 is 0 Å². The highest BCUT2D eigenvalue weighted by Crippen LogP contribution is 2.33. The van der Waals surface area contributed by atoms with Gasteiger partial charge in [0.1, 0.15) is 11.9 Å². The summed E-state index contributed by atoms with van der Waals surface area (Å²) in [5.74, 6) is -1.59. The van der Waals surface area contributed by atoms with Crippen LogP contribution < -0.4 is 0 Å². The molecular weight excluding hydrogens is 474 g/mol. The average Bonchev–Trinajstić information content (AvgIpc) is 3.27. The molecule has 0 aromatic carbocycles. The largest absolute Gasteiger partial charge is 0.457 e. The minimum absolute atomic E-state index is 0.0518. The molecule has 7 heteroatoms. The van der Waals surface area contributed by atoms with Crippen molar-refractivity contribution in [3.05, 3.63) is 33.3 Å². The van der Waals surface area contributed by atoms with E-state index in [2.05, 4.69) is 24.9 Å². The Kier molecular flexibility index (Phi) is 11.1. The molecule has 2 rings (SSSR count). The zero-order valence-electron chi connectivity index (χ0n) is 23.2. The molecule has 2 N–H and O–H groups in total. The van der Waals surface area contributed by atoms with E-state index in [1.807, 2.05) is 32.2 Å². The molecule has 0 spiro atoms. The lowest BCUT2D eigenvalue weighted by Crippen LogP contribution is -2.45. The Labute approximate surface area is 220 Å². The van der Waals surface area contributed by atoms with E-state index in [9.17, 15) is 19.8 Å². The summed E-state index contributed by atoms with van der Waals surface area (Å²) in [6.07, 6.45) is 4.68. The van der Waals surface area contributed by atoms with Crippen LogP contribution in [0.5, 0.6) is 0 Å². The maximum Gasteiger partial charge on any atom is 0.309 e. The van der Waals surface area contributed by atoms with Crippen LogP contribution in [-0.2, 0) is 20.7 Å². The SMILES string of the molecule is CCc1nc(/C=C(\C)[C@H]2OC(=O)C[C@H](O)C(C)(C)C(=O)[C@H](C)[C@@H](O)[C@@H](C)CCC/C(C)=C\[C@@H]2C)cs1. The normalized spacial score (nSPS) is 33.1. The fourth-order valence-electron chi connectivity index (χ4n) is 4.98. The molecule has 36 heavy (non-hydrogen) atoms. The van der Waals surface area contributed by atoms with Gasteiger partial charge in [-0.05, 0) is 57.1 Å². The molecular formula is C29H45NO5S. The number of ether oxygens (including phenoxy) is 1. The van der Waals surface area contributed by atoms with Gasteiger partial charge in [0.2, 0.25) is 0 Å². The molecule has 202 valence electrons. The molecule has 6 atom stereocenters. The topological polar surface area (TPSA) is 96.7 Å². The number of rotatable bonds is 3.